The minimum atomic E-state index is -0.337. The zero-order valence-corrected chi connectivity index (χ0v) is 18.0. The summed E-state index contributed by atoms with van der Waals surface area (Å²) in [5, 5.41) is 0.664. The Labute approximate surface area is 172 Å². The van der Waals surface area contributed by atoms with Crippen molar-refractivity contribution in [2.24, 2.45) is 7.05 Å². The van der Waals surface area contributed by atoms with E-state index in [1.54, 1.807) is 7.05 Å². The number of halogens is 1. The lowest BCUT2D eigenvalue weighted by atomic mass is 10.2. The van der Waals surface area contributed by atoms with E-state index >= 15 is 0 Å². The van der Waals surface area contributed by atoms with Gasteiger partial charge in [-0.15, -0.1) is 0 Å². The van der Waals surface area contributed by atoms with Gasteiger partial charge in [-0.25, -0.2) is 4.79 Å². The van der Waals surface area contributed by atoms with Crippen LogP contribution in [0.3, 0.4) is 0 Å². The van der Waals surface area contributed by atoms with Crippen molar-refractivity contribution >= 4 is 28.5 Å². The van der Waals surface area contributed by atoms with E-state index in [-0.39, 0.29) is 11.2 Å². The number of hydrogen-bond acceptors (Lipinski definition) is 3. The third-order valence-electron chi connectivity index (χ3n) is 5.67. The van der Waals surface area contributed by atoms with Gasteiger partial charge in [0, 0.05) is 30.0 Å². The highest BCUT2D eigenvalue weighted by molar-refractivity contribution is 6.31. The number of aromatic nitrogens is 5. The lowest BCUT2D eigenvalue weighted by Gasteiger charge is -2.09. The van der Waals surface area contributed by atoms with E-state index in [1.807, 2.05) is 54.9 Å². The SMILES string of the molecule is CCCCn1c(=O)c2c(nc3n(-c4ccc(C)c(Cl)c4)c(C)c(C)n23)n(C)c1=O. The molecule has 3 heterocycles. The maximum Gasteiger partial charge on any atom is 0.332 e. The van der Waals surface area contributed by atoms with Gasteiger partial charge >= 0.3 is 5.69 Å². The van der Waals surface area contributed by atoms with Crippen molar-refractivity contribution < 1.29 is 0 Å². The molecule has 152 valence electrons. The molecule has 29 heavy (non-hydrogen) atoms. The summed E-state index contributed by atoms with van der Waals surface area (Å²) >= 11 is 6.35. The lowest BCUT2D eigenvalue weighted by Crippen LogP contribution is -2.39. The molecule has 0 fully saturated rings. The highest BCUT2D eigenvalue weighted by atomic mass is 35.5. The first kappa shape index (κ1) is 19.5. The molecule has 4 rings (SSSR count). The van der Waals surface area contributed by atoms with E-state index in [1.165, 1.54) is 9.13 Å². The van der Waals surface area contributed by atoms with Crippen molar-refractivity contribution in [1.82, 2.24) is 23.1 Å². The van der Waals surface area contributed by atoms with Gasteiger partial charge < -0.3 is 0 Å². The number of unbranched alkanes of at least 4 members (excludes halogenated alkanes) is 1. The number of fused-ring (bicyclic) bond motifs is 3. The number of aryl methyl sites for hydroxylation is 3. The molecule has 0 aliphatic heterocycles. The van der Waals surface area contributed by atoms with Gasteiger partial charge in [-0.2, -0.15) is 4.98 Å². The highest BCUT2D eigenvalue weighted by Gasteiger charge is 2.23. The van der Waals surface area contributed by atoms with Crippen LogP contribution in [0, 0.1) is 20.8 Å². The summed E-state index contributed by atoms with van der Waals surface area (Å²) in [5.41, 5.74) is 3.89. The van der Waals surface area contributed by atoms with Gasteiger partial charge in [0.15, 0.2) is 11.2 Å². The van der Waals surface area contributed by atoms with E-state index in [9.17, 15) is 9.59 Å². The third-order valence-corrected chi connectivity index (χ3v) is 6.08. The zero-order chi connectivity index (χ0) is 21.0. The average Bonchev–Trinajstić information content (AvgIpc) is 3.18. The zero-order valence-electron chi connectivity index (χ0n) is 17.3. The summed E-state index contributed by atoms with van der Waals surface area (Å²) in [6.45, 7) is 8.33. The fraction of sp³-hybridized carbons (Fsp3) is 0.381. The van der Waals surface area contributed by atoms with E-state index in [4.69, 9.17) is 16.6 Å². The van der Waals surface area contributed by atoms with Crippen LogP contribution < -0.4 is 11.2 Å². The molecule has 1 aromatic carbocycles. The molecule has 8 heteroatoms. The molecule has 0 saturated heterocycles. The number of imidazole rings is 2. The summed E-state index contributed by atoms with van der Waals surface area (Å²) in [6, 6.07) is 5.83. The molecule has 0 radical (unpaired) electrons. The van der Waals surface area contributed by atoms with Crippen LogP contribution in [-0.4, -0.2) is 23.1 Å². The number of hydrogen-bond donors (Lipinski definition) is 0. The van der Waals surface area contributed by atoms with E-state index in [2.05, 4.69) is 0 Å². The topological polar surface area (TPSA) is 66.2 Å². The fourth-order valence-electron chi connectivity index (χ4n) is 3.79. The van der Waals surface area contributed by atoms with Crippen molar-refractivity contribution in [3.63, 3.8) is 0 Å². The molecule has 0 aliphatic rings. The van der Waals surface area contributed by atoms with Crippen LogP contribution >= 0.6 is 11.6 Å². The molecule has 0 spiro atoms. The molecule has 7 nitrogen and oxygen atoms in total. The van der Waals surface area contributed by atoms with Crippen LogP contribution in [0.5, 0.6) is 0 Å². The summed E-state index contributed by atoms with van der Waals surface area (Å²) in [4.78, 5) is 30.7. The van der Waals surface area contributed by atoms with Gasteiger partial charge in [-0.05, 0) is 44.9 Å². The van der Waals surface area contributed by atoms with Gasteiger partial charge in [0.25, 0.3) is 5.56 Å². The Hall–Kier alpha value is -2.80. The Morgan fingerprint density at radius 2 is 1.83 bits per heavy atom. The van der Waals surface area contributed by atoms with Crippen LogP contribution in [-0.2, 0) is 13.6 Å². The first-order valence-electron chi connectivity index (χ1n) is 9.74. The predicted octanol–water partition coefficient (Wildman–Crippen LogP) is 3.52. The van der Waals surface area contributed by atoms with Crippen molar-refractivity contribution in [3.05, 3.63) is 61.0 Å². The van der Waals surface area contributed by atoms with Crippen LogP contribution in [0.25, 0.3) is 22.6 Å². The molecule has 0 unspecified atom stereocenters. The predicted molar refractivity (Wildman–Crippen MR) is 116 cm³/mol. The maximum atomic E-state index is 13.2. The van der Waals surface area contributed by atoms with Gasteiger partial charge in [-0.3, -0.25) is 22.9 Å². The molecule has 3 aromatic heterocycles. The molecular weight excluding hydrogens is 390 g/mol. The van der Waals surface area contributed by atoms with Crippen molar-refractivity contribution in [3.8, 4) is 5.69 Å². The Morgan fingerprint density at radius 3 is 2.48 bits per heavy atom. The highest BCUT2D eigenvalue weighted by Crippen LogP contribution is 2.27. The number of rotatable bonds is 4. The molecule has 0 bridgehead atoms. The monoisotopic (exact) mass is 413 g/mol. The van der Waals surface area contributed by atoms with Crippen LogP contribution in [0.15, 0.2) is 27.8 Å². The Bertz CT molecular complexity index is 1390. The van der Waals surface area contributed by atoms with Crippen molar-refractivity contribution in [2.45, 2.75) is 47.1 Å². The van der Waals surface area contributed by atoms with Crippen LogP contribution in [0.4, 0.5) is 0 Å². The Balaban J connectivity index is 2.13. The second kappa shape index (κ2) is 6.91. The van der Waals surface area contributed by atoms with E-state index in [0.717, 1.165) is 35.5 Å². The Kier molecular flexibility index (Phi) is 4.65. The summed E-state index contributed by atoms with van der Waals surface area (Å²) in [7, 11) is 1.66. The van der Waals surface area contributed by atoms with Crippen LogP contribution in [0.1, 0.15) is 36.7 Å². The molecule has 0 saturated carbocycles. The normalized spacial score (nSPS) is 11.8. The quantitative estimate of drug-likeness (QED) is 0.514. The van der Waals surface area contributed by atoms with Crippen LogP contribution in [0.2, 0.25) is 5.02 Å². The minimum Gasteiger partial charge on any atom is -0.283 e. The smallest absolute Gasteiger partial charge is 0.283 e. The first-order valence-corrected chi connectivity index (χ1v) is 10.1. The number of benzene rings is 1. The number of nitrogens with zero attached hydrogens (tertiary/aromatic N) is 5. The van der Waals surface area contributed by atoms with Gasteiger partial charge in [0.1, 0.15) is 0 Å². The van der Waals surface area contributed by atoms with Gasteiger partial charge in [0.05, 0.1) is 5.69 Å². The molecule has 0 amide bonds. The fourth-order valence-corrected chi connectivity index (χ4v) is 3.97. The second-order valence-corrected chi connectivity index (χ2v) is 7.92. The molecule has 0 atom stereocenters. The lowest BCUT2D eigenvalue weighted by molar-refractivity contribution is 0.566. The van der Waals surface area contributed by atoms with Crippen molar-refractivity contribution in [2.75, 3.05) is 0 Å². The molecule has 0 N–H and O–H groups in total. The second-order valence-electron chi connectivity index (χ2n) is 7.51. The minimum absolute atomic E-state index is 0.300. The summed E-state index contributed by atoms with van der Waals surface area (Å²) in [5.74, 6) is 0.593. The third kappa shape index (κ3) is 2.75. The standard InChI is InChI=1S/C21H24ClN5O2/c1-6-7-10-25-19(28)17-18(24(5)21(25)29)23-20-26(13(3)14(4)27(17)20)15-9-8-12(2)16(22)11-15/h8-9,11H,6-7,10H2,1-5H3. The summed E-state index contributed by atoms with van der Waals surface area (Å²) < 4.78 is 6.60. The van der Waals surface area contributed by atoms with E-state index in [0.29, 0.717) is 28.5 Å². The van der Waals surface area contributed by atoms with E-state index < -0.39 is 0 Å². The van der Waals surface area contributed by atoms with Crippen molar-refractivity contribution in [1.29, 1.82) is 0 Å². The van der Waals surface area contributed by atoms with Gasteiger partial charge in [0.2, 0.25) is 5.78 Å². The molecular formula is C21H24ClN5O2. The average molecular weight is 414 g/mol. The maximum absolute atomic E-state index is 13.2. The summed E-state index contributed by atoms with van der Waals surface area (Å²) in [6.07, 6.45) is 1.67. The molecule has 4 aromatic rings. The Morgan fingerprint density at radius 1 is 1.10 bits per heavy atom. The first-order chi connectivity index (χ1) is 13.8. The van der Waals surface area contributed by atoms with Gasteiger partial charge in [-0.1, -0.05) is 31.0 Å². The largest absolute Gasteiger partial charge is 0.332 e. The molecule has 0 aliphatic carbocycles.